The van der Waals surface area contributed by atoms with Crippen LogP contribution in [0.5, 0.6) is 11.5 Å². The van der Waals surface area contributed by atoms with Gasteiger partial charge in [0, 0.05) is 22.9 Å². The number of aryl methyl sites for hydroxylation is 1. The number of amides is 1. The average Bonchev–Trinajstić information content (AvgIpc) is 3.61. The number of hydrogen-bond acceptors (Lipinski definition) is 7. The van der Waals surface area contributed by atoms with E-state index in [1.165, 1.54) is 5.01 Å². The fraction of sp³-hybridized carbons (Fsp3) is 0.241. The molecular formula is C29H27BrN4O4. The molecule has 1 amide bonds. The van der Waals surface area contributed by atoms with Gasteiger partial charge in [-0.2, -0.15) is 5.10 Å². The van der Waals surface area contributed by atoms with Gasteiger partial charge >= 0.3 is 0 Å². The number of benzene rings is 3. The molecule has 1 aromatic heterocycles. The first kappa shape index (κ1) is 25.7. The normalized spacial score (nSPS) is 14.9. The van der Waals surface area contributed by atoms with Gasteiger partial charge in [0.05, 0.1) is 18.9 Å². The minimum Gasteiger partial charge on any atom is -0.497 e. The van der Waals surface area contributed by atoms with Crippen molar-refractivity contribution in [3.63, 3.8) is 0 Å². The predicted octanol–water partition coefficient (Wildman–Crippen LogP) is 6.22. The minimum absolute atomic E-state index is 0.148. The van der Waals surface area contributed by atoms with Crippen LogP contribution in [0, 0.1) is 0 Å². The third-order valence-electron chi connectivity index (χ3n) is 6.24. The Hall–Kier alpha value is -3.98. The third-order valence-corrected chi connectivity index (χ3v) is 6.77. The molecule has 0 saturated heterocycles. The van der Waals surface area contributed by atoms with E-state index in [0.717, 1.165) is 45.5 Å². The maximum absolute atomic E-state index is 13.3. The minimum atomic E-state index is -0.243. The Balaban J connectivity index is 1.30. The van der Waals surface area contributed by atoms with Crippen LogP contribution in [0.25, 0.3) is 11.5 Å². The zero-order valence-electron chi connectivity index (χ0n) is 21.1. The average molecular weight is 575 g/mol. The van der Waals surface area contributed by atoms with E-state index in [1.54, 1.807) is 19.2 Å². The number of carbonyl (C=O) groups is 1. The SMILES string of the molecule is CCCc1nnc(-c2ccc(OCC(=O)N3N=C(c4ccc(Br)cc4)CC3c3ccc(OC)cc3)cc2)o1. The van der Waals surface area contributed by atoms with Crippen LogP contribution in [0.2, 0.25) is 0 Å². The monoisotopic (exact) mass is 574 g/mol. The van der Waals surface area contributed by atoms with Gasteiger partial charge in [0.1, 0.15) is 11.5 Å². The maximum Gasteiger partial charge on any atom is 0.281 e. The van der Waals surface area contributed by atoms with E-state index in [2.05, 4.69) is 33.1 Å². The Bertz CT molecular complexity index is 1420. The predicted molar refractivity (Wildman–Crippen MR) is 147 cm³/mol. The molecule has 4 aromatic rings. The summed E-state index contributed by atoms with van der Waals surface area (Å²) in [4.78, 5) is 13.3. The first-order valence-corrected chi connectivity index (χ1v) is 13.2. The number of halogens is 1. The zero-order valence-corrected chi connectivity index (χ0v) is 22.7. The van der Waals surface area contributed by atoms with Crippen molar-refractivity contribution in [3.05, 3.63) is 94.3 Å². The number of carbonyl (C=O) groups excluding carboxylic acids is 1. The largest absolute Gasteiger partial charge is 0.497 e. The molecule has 0 spiro atoms. The Labute approximate surface area is 229 Å². The molecule has 0 saturated carbocycles. The molecule has 0 fully saturated rings. The second kappa shape index (κ2) is 11.6. The highest BCUT2D eigenvalue weighted by Crippen LogP contribution is 2.34. The first-order valence-electron chi connectivity index (χ1n) is 12.4. The summed E-state index contributed by atoms with van der Waals surface area (Å²) in [5.74, 6) is 2.17. The Kier molecular flexibility index (Phi) is 7.83. The van der Waals surface area contributed by atoms with Gasteiger partial charge in [-0.05, 0) is 66.1 Å². The highest BCUT2D eigenvalue weighted by Gasteiger charge is 2.33. The van der Waals surface area contributed by atoms with Gasteiger partial charge in [-0.25, -0.2) is 5.01 Å². The van der Waals surface area contributed by atoms with Crippen molar-refractivity contribution in [2.45, 2.75) is 32.2 Å². The molecule has 3 aromatic carbocycles. The molecule has 194 valence electrons. The molecule has 1 aliphatic rings. The van der Waals surface area contributed by atoms with Crippen molar-refractivity contribution >= 4 is 27.5 Å². The summed E-state index contributed by atoms with van der Waals surface area (Å²) in [5, 5.41) is 14.4. The van der Waals surface area contributed by atoms with Gasteiger partial charge in [0.25, 0.3) is 5.91 Å². The molecule has 38 heavy (non-hydrogen) atoms. The van der Waals surface area contributed by atoms with E-state index in [0.29, 0.717) is 24.0 Å². The number of rotatable bonds is 9. The summed E-state index contributed by atoms with van der Waals surface area (Å²) < 4.78 is 17.8. The van der Waals surface area contributed by atoms with Gasteiger partial charge in [-0.1, -0.05) is 47.1 Å². The van der Waals surface area contributed by atoms with E-state index >= 15 is 0 Å². The number of hydrogen-bond donors (Lipinski definition) is 0. The van der Waals surface area contributed by atoms with Crippen molar-refractivity contribution in [1.82, 2.24) is 15.2 Å². The van der Waals surface area contributed by atoms with Gasteiger partial charge in [-0.15, -0.1) is 10.2 Å². The summed E-state index contributed by atoms with van der Waals surface area (Å²) >= 11 is 3.47. The van der Waals surface area contributed by atoms with Crippen LogP contribution in [-0.4, -0.2) is 40.5 Å². The van der Waals surface area contributed by atoms with E-state index < -0.39 is 0 Å². The topological polar surface area (TPSA) is 90.1 Å². The molecule has 5 rings (SSSR count). The maximum atomic E-state index is 13.3. The lowest BCUT2D eigenvalue weighted by atomic mass is 9.98. The van der Waals surface area contributed by atoms with Gasteiger partial charge in [0.15, 0.2) is 6.61 Å². The summed E-state index contributed by atoms with van der Waals surface area (Å²) in [6.07, 6.45) is 2.28. The van der Waals surface area contributed by atoms with Crippen molar-refractivity contribution in [3.8, 4) is 23.0 Å². The number of ether oxygens (including phenoxy) is 2. The van der Waals surface area contributed by atoms with Gasteiger partial charge < -0.3 is 13.9 Å². The van der Waals surface area contributed by atoms with E-state index in [-0.39, 0.29) is 18.6 Å². The number of nitrogens with zero attached hydrogens (tertiary/aromatic N) is 4. The van der Waals surface area contributed by atoms with Crippen LogP contribution in [-0.2, 0) is 11.2 Å². The molecular weight excluding hydrogens is 548 g/mol. The fourth-order valence-electron chi connectivity index (χ4n) is 4.23. The molecule has 1 unspecified atom stereocenters. The summed E-state index contributed by atoms with van der Waals surface area (Å²) in [6.45, 7) is 1.91. The molecule has 0 radical (unpaired) electrons. The molecule has 9 heteroatoms. The van der Waals surface area contributed by atoms with Crippen LogP contribution in [0.3, 0.4) is 0 Å². The quantitative estimate of drug-likeness (QED) is 0.236. The number of hydrazone groups is 1. The van der Waals surface area contributed by atoms with Crippen LogP contribution >= 0.6 is 15.9 Å². The smallest absolute Gasteiger partial charge is 0.281 e. The highest BCUT2D eigenvalue weighted by atomic mass is 79.9. The summed E-state index contributed by atoms with van der Waals surface area (Å²) in [6, 6.07) is 22.6. The fourth-order valence-corrected chi connectivity index (χ4v) is 4.50. The second-order valence-electron chi connectivity index (χ2n) is 8.85. The van der Waals surface area contributed by atoms with Crippen molar-refractivity contribution < 1.29 is 18.7 Å². The van der Waals surface area contributed by atoms with Gasteiger partial charge in [0.2, 0.25) is 11.8 Å². The lowest BCUT2D eigenvalue weighted by Crippen LogP contribution is -2.31. The van der Waals surface area contributed by atoms with Crippen molar-refractivity contribution in [2.24, 2.45) is 5.10 Å². The summed E-state index contributed by atoms with van der Waals surface area (Å²) in [7, 11) is 1.63. The lowest BCUT2D eigenvalue weighted by molar-refractivity contribution is -0.135. The first-order chi connectivity index (χ1) is 18.5. The molecule has 1 aliphatic heterocycles. The summed E-state index contributed by atoms with van der Waals surface area (Å²) in [5.41, 5.74) is 3.59. The van der Waals surface area contributed by atoms with E-state index in [9.17, 15) is 4.79 Å². The Morgan fingerprint density at radius 3 is 2.34 bits per heavy atom. The third kappa shape index (κ3) is 5.78. The van der Waals surface area contributed by atoms with Crippen molar-refractivity contribution in [2.75, 3.05) is 13.7 Å². The lowest BCUT2D eigenvalue weighted by Gasteiger charge is -2.22. The van der Waals surface area contributed by atoms with Crippen LogP contribution < -0.4 is 9.47 Å². The van der Waals surface area contributed by atoms with Crippen LogP contribution in [0.15, 0.2) is 86.8 Å². The molecule has 1 atom stereocenters. The molecule has 8 nitrogen and oxygen atoms in total. The molecule has 0 N–H and O–H groups in total. The van der Waals surface area contributed by atoms with Crippen molar-refractivity contribution in [1.29, 1.82) is 0 Å². The van der Waals surface area contributed by atoms with Crippen LogP contribution in [0.4, 0.5) is 0 Å². The van der Waals surface area contributed by atoms with Crippen LogP contribution in [0.1, 0.15) is 42.8 Å². The standard InChI is InChI=1S/C29H27BrN4O4/c1-3-4-27-31-32-29(38-27)21-9-15-24(16-10-21)37-18-28(35)34-26(20-7-13-23(36-2)14-8-20)17-25(33-34)19-5-11-22(30)12-6-19/h5-16,26H,3-4,17-18H2,1-2H3. The molecule has 0 bridgehead atoms. The zero-order chi connectivity index (χ0) is 26.5. The number of methoxy groups -OCH3 is 1. The second-order valence-corrected chi connectivity index (χ2v) is 9.76. The van der Waals surface area contributed by atoms with E-state index in [1.807, 2.05) is 60.7 Å². The van der Waals surface area contributed by atoms with Gasteiger partial charge in [-0.3, -0.25) is 4.79 Å². The molecule has 2 heterocycles. The number of aromatic nitrogens is 2. The highest BCUT2D eigenvalue weighted by molar-refractivity contribution is 9.10. The Morgan fingerprint density at radius 2 is 1.66 bits per heavy atom. The van der Waals surface area contributed by atoms with E-state index in [4.69, 9.17) is 19.0 Å². The molecule has 0 aliphatic carbocycles. The Morgan fingerprint density at radius 1 is 0.974 bits per heavy atom.